The number of methoxy groups -OCH3 is 1. The van der Waals surface area contributed by atoms with Crippen LogP contribution in [0.2, 0.25) is 0 Å². The van der Waals surface area contributed by atoms with Crippen molar-refractivity contribution in [2.45, 2.75) is 26.4 Å². The van der Waals surface area contributed by atoms with Crippen LogP contribution in [0.3, 0.4) is 0 Å². The van der Waals surface area contributed by atoms with E-state index in [1.807, 2.05) is 39.1 Å². The molecule has 0 aliphatic rings. The summed E-state index contributed by atoms with van der Waals surface area (Å²) in [5, 5.41) is 3.08. The molecule has 1 N–H and O–H groups in total. The number of likely N-dealkylation sites (N-methyl/N-ethyl adjacent to an activating group) is 1. The summed E-state index contributed by atoms with van der Waals surface area (Å²) in [7, 11) is 5.24. The molecule has 1 amide bonds. The average Bonchev–Trinajstić information content (AvgIpc) is 2.44. The summed E-state index contributed by atoms with van der Waals surface area (Å²) >= 11 is 0. The van der Waals surface area contributed by atoms with E-state index in [0.29, 0.717) is 11.5 Å². The lowest BCUT2D eigenvalue weighted by atomic mass is 10.2. The Morgan fingerprint density at radius 1 is 1.35 bits per heavy atom. The highest BCUT2D eigenvalue weighted by Gasteiger charge is 2.14. The Labute approximate surface area is 120 Å². The lowest BCUT2D eigenvalue weighted by Gasteiger charge is -2.21. The second-order valence-corrected chi connectivity index (χ2v) is 4.90. The summed E-state index contributed by atoms with van der Waals surface area (Å²) in [6, 6.07) is 5.85. The predicted octanol–water partition coefficient (Wildman–Crippen LogP) is 1.66. The molecule has 0 aromatic heterocycles. The van der Waals surface area contributed by atoms with Gasteiger partial charge in [0.1, 0.15) is 0 Å². The first kappa shape index (κ1) is 16.3. The summed E-state index contributed by atoms with van der Waals surface area (Å²) in [5.41, 5.74) is 1.08. The standard InChI is InChI=1S/C15H24N2O3/c1-11(2)17(4)15(18)10-20-14-8-12(9-16-3)6-7-13(14)19-5/h6-8,11,16H,9-10H2,1-5H3. The second kappa shape index (κ2) is 7.75. The average molecular weight is 280 g/mol. The Kier molecular flexibility index (Phi) is 6.31. The normalized spacial score (nSPS) is 10.5. The quantitative estimate of drug-likeness (QED) is 0.825. The summed E-state index contributed by atoms with van der Waals surface area (Å²) in [6.45, 7) is 4.67. The van der Waals surface area contributed by atoms with E-state index in [1.165, 1.54) is 0 Å². The van der Waals surface area contributed by atoms with Crippen molar-refractivity contribution in [2.24, 2.45) is 0 Å². The van der Waals surface area contributed by atoms with Crippen LogP contribution in [-0.4, -0.2) is 44.7 Å². The van der Waals surface area contributed by atoms with Gasteiger partial charge in [-0.15, -0.1) is 0 Å². The van der Waals surface area contributed by atoms with Crippen LogP contribution in [-0.2, 0) is 11.3 Å². The number of benzene rings is 1. The van der Waals surface area contributed by atoms with Gasteiger partial charge < -0.3 is 19.7 Å². The molecule has 1 aromatic rings. The molecule has 112 valence electrons. The Morgan fingerprint density at radius 3 is 2.60 bits per heavy atom. The van der Waals surface area contributed by atoms with Gasteiger partial charge in [-0.05, 0) is 38.6 Å². The molecule has 20 heavy (non-hydrogen) atoms. The van der Waals surface area contributed by atoms with Gasteiger partial charge in [0.2, 0.25) is 0 Å². The van der Waals surface area contributed by atoms with Crippen molar-refractivity contribution < 1.29 is 14.3 Å². The van der Waals surface area contributed by atoms with Crippen LogP contribution in [0.5, 0.6) is 11.5 Å². The molecule has 0 bridgehead atoms. The summed E-state index contributed by atoms with van der Waals surface area (Å²) in [4.78, 5) is 13.6. The molecular weight excluding hydrogens is 256 g/mol. The maximum absolute atomic E-state index is 11.9. The van der Waals surface area contributed by atoms with Crippen molar-refractivity contribution in [3.63, 3.8) is 0 Å². The molecule has 5 nitrogen and oxygen atoms in total. The topological polar surface area (TPSA) is 50.8 Å². The van der Waals surface area contributed by atoms with Gasteiger partial charge in [0.15, 0.2) is 18.1 Å². The first-order valence-electron chi connectivity index (χ1n) is 6.69. The van der Waals surface area contributed by atoms with Gasteiger partial charge in [0.25, 0.3) is 5.91 Å². The summed E-state index contributed by atoms with van der Waals surface area (Å²) < 4.78 is 10.9. The molecule has 0 spiro atoms. The number of rotatable bonds is 7. The highest BCUT2D eigenvalue weighted by atomic mass is 16.5. The monoisotopic (exact) mass is 280 g/mol. The first-order chi connectivity index (χ1) is 9.49. The van der Waals surface area contributed by atoms with Crippen molar-refractivity contribution in [3.05, 3.63) is 23.8 Å². The second-order valence-electron chi connectivity index (χ2n) is 4.90. The number of amides is 1. The molecule has 0 saturated heterocycles. The van der Waals surface area contributed by atoms with Gasteiger partial charge in [-0.25, -0.2) is 0 Å². The number of ether oxygens (including phenoxy) is 2. The number of hydrogen-bond acceptors (Lipinski definition) is 4. The molecule has 1 aromatic carbocycles. The molecule has 0 heterocycles. The zero-order valence-electron chi connectivity index (χ0n) is 12.9. The molecule has 0 radical (unpaired) electrons. The number of nitrogens with zero attached hydrogens (tertiary/aromatic N) is 1. The summed E-state index contributed by atoms with van der Waals surface area (Å²) in [5.74, 6) is 1.16. The number of nitrogens with one attached hydrogen (secondary N) is 1. The number of carbonyl (C=O) groups excluding carboxylic acids is 1. The van der Waals surface area contributed by atoms with Gasteiger partial charge >= 0.3 is 0 Å². The van der Waals surface area contributed by atoms with E-state index in [0.717, 1.165) is 12.1 Å². The number of hydrogen-bond donors (Lipinski definition) is 1. The van der Waals surface area contributed by atoms with Crippen LogP contribution < -0.4 is 14.8 Å². The van der Waals surface area contributed by atoms with E-state index in [4.69, 9.17) is 9.47 Å². The smallest absolute Gasteiger partial charge is 0.260 e. The molecule has 0 atom stereocenters. The minimum Gasteiger partial charge on any atom is -0.493 e. The Balaban J connectivity index is 2.75. The van der Waals surface area contributed by atoms with E-state index < -0.39 is 0 Å². The van der Waals surface area contributed by atoms with Gasteiger partial charge in [0.05, 0.1) is 7.11 Å². The zero-order chi connectivity index (χ0) is 15.1. The third-order valence-corrected chi connectivity index (χ3v) is 3.13. The molecule has 0 aliphatic heterocycles. The van der Waals surface area contributed by atoms with Gasteiger partial charge in [0, 0.05) is 19.6 Å². The largest absolute Gasteiger partial charge is 0.493 e. The van der Waals surface area contributed by atoms with Crippen LogP contribution in [0.1, 0.15) is 19.4 Å². The summed E-state index contributed by atoms with van der Waals surface area (Å²) in [6.07, 6.45) is 0. The molecule has 0 unspecified atom stereocenters. The van der Waals surface area contributed by atoms with Gasteiger partial charge in [-0.1, -0.05) is 6.07 Å². The molecule has 1 rings (SSSR count). The van der Waals surface area contributed by atoms with Crippen LogP contribution in [0.25, 0.3) is 0 Å². The van der Waals surface area contributed by atoms with E-state index >= 15 is 0 Å². The molecule has 0 saturated carbocycles. The lowest BCUT2D eigenvalue weighted by Crippen LogP contribution is -2.36. The Hall–Kier alpha value is -1.75. The fraction of sp³-hybridized carbons (Fsp3) is 0.533. The minimum absolute atomic E-state index is 0.00798. The molecule has 5 heteroatoms. The van der Waals surface area contributed by atoms with E-state index in [1.54, 1.807) is 19.1 Å². The fourth-order valence-corrected chi connectivity index (χ4v) is 1.68. The van der Waals surface area contributed by atoms with Crippen LogP contribution in [0.15, 0.2) is 18.2 Å². The molecule has 0 fully saturated rings. The lowest BCUT2D eigenvalue weighted by molar-refractivity contribution is -0.133. The van der Waals surface area contributed by atoms with Crippen molar-refractivity contribution >= 4 is 5.91 Å². The van der Waals surface area contributed by atoms with Gasteiger partial charge in [-0.3, -0.25) is 4.79 Å². The van der Waals surface area contributed by atoms with Crippen LogP contribution in [0.4, 0.5) is 0 Å². The Bertz CT molecular complexity index is 447. The van der Waals surface area contributed by atoms with Crippen molar-refractivity contribution in [3.8, 4) is 11.5 Å². The zero-order valence-corrected chi connectivity index (χ0v) is 12.9. The van der Waals surface area contributed by atoms with Crippen LogP contribution in [0, 0.1) is 0 Å². The first-order valence-corrected chi connectivity index (χ1v) is 6.69. The third-order valence-electron chi connectivity index (χ3n) is 3.13. The highest BCUT2D eigenvalue weighted by molar-refractivity contribution is 5.77. The third kappa shape index (κ3) is 4.42. The predicted molar refractivity (Wildman–Crippen MR) is 79.2 cm³/mol. The van der Waals surface area contributed by atoms with Gasteiger partial charge in [-0.2, -0.15) is 0 Å². The maximum atomic E-state index is 11.9. The number of carbonyl (C=O) groups is 1. The SMILES string of the molecule is CNCc1ccc(OC)c(OCC(=O)N(C)C(C)C)c1. The molecular formula is C15H24N2O3. The van der Waals surface area contributed by atoms with E-state index in [-0.39, 0.29) is 18.6 Å². The molecule has 0 aliphatic carbocycles. The minimum atomic E-state index is -0.0546. The fourth-order valence-electron chi connectivity index (χ4n) is 1.68. The Morgan fingerprint density at radius 2 is 2.05 bits per heavy atom. The van der Waals surface area contributed by atoms with E-state index in [9.17, 15) is 4.79 Å². The van der Waals surface area contributed by atoms with Crippen LogP contribution >= 0.6 is 0 Å². The van der Waals surface area contributed by atoms with E-state index in [2.05, 4.69) is 5.32 Å². The highest BCUT2D eigenvalue weighted by Crippen LogP contribution is 2.28. The van der Waals surface area contributed by atoms with Crippen molar-refractivity contribution in [1.82, 2.24) is 10.2 Å². The van der Waals surface area contributed by atoms with Crippen molar-refractivity contribution in [2.75, 3.05) is 27.8 Å². The maximum Gasteiger partial charge on any atom is 0.260 e. The van der Waals surface area contributed by atoms with Crippen molar-refractivity contribution in [1.29, 1.82) is 0 Å².